The summed E-state index contributed by atoms with van der Waals surface area (Å²) in [5, 5.41) is 2.95. The van der Waals surface area contributed by atoms with Gasteiger partial charge in [-0.15, -0.1) is 0 Å². The van der Waals surface area contributed by atoms with Crippen molar-refractivity contribution in [2.24, 2.45) is 5.92 Å². The molecule has 1 fully saturated rings. The van der Waals surface area contributed by atoms with E-state index in [1.54, 1.807) is 14.2 Å². The summed E-state index contributed by atoms with van der Waals surface area (Å²) in [4.78, 5) is 12.3. The fourth-order valence-electron chi connectivity index (χ4n) is 2.94. The third kappa shape index (κ3) is 5.37. The smallest absolute Gasteiger partial charge is 0.223 e. The van der Waals surface area contributed by atoms with Crippen LogP contribution in [0.1, 0.15) is 17.9 Å². The zero-order chi connectivity index (χ0) is 19.1. The van der Waals surface area contributed by atoms with Gasteiger partial charge in [0.05, 0.1) is 13.7 Å². The first-order chi connectivity index (χ1) is 13.2. The third-order valence-corrected chi connectivity index (χ3v) is 4.51. The predicted octanol–water partition coefficient (Wildman–Crippen LogP) is 2.98. The van der Waals surface area contributed by atoms with Crippen molar-refractivity contribution < 1.29 is 23.7 Å². The Morgan fingerprint density at radius 3 is 2.26 bits per heavy atom. The van der Waals surface area contributed by atoms with Crippen LogP contribution in [-0.4, -0.2) is 40.1 Å². The molecular weight excluding hydrogens is 346 g/mol. The molecule has 2 aromatic rings. The molecular formula is C21H25NO5. The van der Waals surface area contributed by atoms with Crippen molar-refractivity contribution in [3.05, 3.63) is 54.1 Å². The summed E-state index contributed by atoms with van der Waals surface area (Å²) in [6.45, 7) is 1.14. The third-order valence-electron chi connectivity index (χ3n) is 4.51. The number of benzene rings is 2. The van der Waals surface area contributed by atoms with Crippen molar-refractivity contribution in [3.8, 4) is 17.2 Å². The number of carbonyl (C=O) groups is 1. The average Bonchev–Trinajstić information content (AvgIpc) is 3.51. The molecule has 0 aromatic heterocycles. The summed E-state index contributed by atoms with van der Waals surface area (Å²) in [7, 11) is 3.21. The standard InChI is InChI=1S/C21H25NO5/c1-24-14-27-18-5-3-15(4-6-18)19-13-20(19)21(23)22-11-12-26-17-9-7-16(25-2)8-10-17/h3-10,19-20H,11-14H2,1-2H3,(H,22,23). The van der Waals surface area contributed by atoms with Crippen LogP contribution in [0.2, 0.25) is 0 Å². The second-order valence-electron chi connectivity index (χ2n) is 6.38. The van der Waals surface area contributed by atoms with Gasteiger partial charge in [-0.25, -0.2) is 0 Å². The monoisotopic (exact) mass is 371 g/mol. The molecule has 6 nitrogen and oxygen atoms in total. The minimum absolute atomic E-state index is 0.0386. The van der Waals surface area contributed by atoms with Crippen LogP contribution < -0.4 is 19.5 Å². The molecule has 3 rings (SSSR count). The summed E-state index contributed by atoms with van der Waals surface area (Å²) in [6, 6.07) is 15.2. The van der Waals surface area contributed by atoms with Crippen LogP contribution in [0.15, 0.2) is 48.5 Å². The largest absolute Gasteiger partial charge is 0.497 e. The molecule has 1 N–H and O–H groups in total. The van der Waals surface area contributed by atoms with Crippen LogP contribution in [0.5, 0.6) is 17.2 Å². The van der Waals surface area contributed by atoms with Crippen LogP contribution in [0.3, 0.4) is 0 Å². The molecule has 144 valence electrons. The van der Waals surface area contributed by atoms with Crippen molar-refractivity contribution in [1.29, 1.82) is 0 Å². The highest BCUT2D eigenvalue weighted by Crippen LogP contribution is 2.47. The van der Waals surface area contributed by atoms with Gasteiger partial charge in [-0.2, -0.15) is 0 Å². The Bertz CT molecular complexity index is 729. The van der Waals surface area contributed by atoms with Crippen molar-refractivity contribution >= 4 is 5.91 Å². The molecule has 0 radical (unpaired) electrons. The van der Waals surface area contributed by atoms with Gasteiger partial charge >= 0.3 is 0 Å². The van der Waals surface area contributed by atoms with E-state index < -0.39 is 0 Å². The number of ether oxygens (including phenoxy) is 4. The SMILES string of the molecule is COCOc1ccc(C2CC2C(=O)NCCOc2ccc(OC)cc2)cc1. The van der Waals surface area contributed by atoms with Gasteiger partial charge in [0.15, 0.2) is 6.79 Å². The molecule has 0 bridgehead atoms. The van der Waals surface area contributed by atoms with Gasteiger partial charge in [0, 0.05) is 13.0 Å². The minimum Gasteiger partial charge on any atom is -0.497 e. The Hall–Kier alpha value is -2.73. The Kier molecular flexibility index (Phi) is 6.54. The van der Waals surface area contributed by atoms with E-state index in [4.69, 9.17) is 18.9 Å². The normalized spacial score (nSPS) is 17.9. The number of carbonyl (C=O) groups excluding carboxylic acids is 1. The van der Waals surface area contributed by atoms with E-state index >= 15 is 0 Å². The Morgan fingerprint density at radius 1 is 0.963 bits per heavy atom. The highest BCUT2D eigenvalue weighted by Gasteiger charge is 2.43. The predicted molar refractivity (Wildman–Crippen MR) is 101 cm³/mol. The van der Waals surface area contributed by atoms with Crippen LogP contribution in [0.4, 0.5) is 0 Å². The van der Waals surface area contributed by atoms with E-state index in [-0.39, 0.29) is 24.5 Å². The fourth-order valence-corrected chi connectivity index (χ4v) is 2.94. The molecule has 0 aliphatic heterocycles. The molecule has 1 saturated carbocycles. The molecule has 1 amide bonds. The molecule has 27 heavy (non-hydrogen) atoms. The maximum absolute atomic E-state index is 12.3. The van der Waals surface area contributed by atoms with E-state index in [0.29, 0.717) is 13.2 Å². The Morgan fingerprint density at radius 2 is 1.59 bits per heavy atom. The lowest BCUT2D eigenvalue weighted by Crippen LogP contribution is -2.29. The van der Waals surface area contributed by atoms with Crippen LogP contribution in [-0.2, 0) is 9.53 Å². The molecule has 0 saturated heterocycles. The van der Waals surface area contributed by atoms with Crippen LogP contribution >= 0.6 is 0 Å². The zero-order valence-electron chi connectivity index (χ0n) is 15.6. The lowest BCUT2D eigenvalue weighted by Gasteiger charge is -2.09. The van der Waals surface area contributed by atoms with E-state index in [9.17, 15) is 4.79 Å². The number of rotatable bonds is 10. The lowest BCUT2D eigenvalue weighted by molar-refractivity contribution is -0.122. The average molecular weight is 371 g/mol. The van der Waals surface area contributed by atoms with Gasteiger partial charge in [-0.1, -0.05) is 12.1 Å². The van der Waals surface area contributed by atoms with Crippen molar-refractivity contribution in [3.63, 3.8) is 0 Å². The number of hydrogen-bond acceptors (Lipinski definition) is 5. The number of amides is 1. The second kappa shape index (κ2) is 9.28. The van der Waals surface area contributed by atoms with Crippen LogP contribution in [0.25, 0.3) is 0 Å². The van der Waals surface area contributed by atoms with E-state index in [1.165, 1.54) is 0 Å². The van der Waals surface area contributed by atoms with Gasteiger partial charge in [0.1, 0.15) is 23.9 Å². The molecule has 1 aliphatic carbocycles. The molecule has 6 heteroatoms. The molecule has 2 atom stereocenters. The van der Waals surface area contributed by atoms with Crippen molar-refractivity contribution in [2.75, 3.05) is 34.2 Å². The Balaban J connectivity index is 1.37. The summed E-state index contributed by atoms with van der Waals surface area (Å²) in [5.74, 6) is 2.70. The highest BCUT2D eigenvalue weighted by molar-refractivity contribution is 5.82. The molecule has 0 spiro atoms. The summed E-state index contributed by atoms with van der Waals surface area (Å²) in [5.41, 5.74) is 1.16. The highest BCUT2D eigenvalue weighted by atomic mass is 16.7. The second-order valence-corrected chi connectivity index (χ2v) is 6.38. The zero-order valence-corrected chi connectivity index (χ0v) is 15.6. The molecule has 2 aromatic carbocycles. The van der Waals surface area contributed by atoms with Crippen molar-refractivity contribution in [2.45, 2.75) is 12.3 Å². The first-order valence-electron chi connectivity index (χ1n) is 8.97. The first kappa shape index (κ1) is 19.0. The number of methoxy groups -OCH3 is 2. The van der Waals surface area contributed by atoms with Gasteiger partial charge in [-0.3, -0.25) is 4.79 Å². The first-order valence-corrected chi connectivity index (χ1v) is 8.97. The van der Waals surface area contributed by atoms with E-state index in [2.05, 4.69) is 5.32 Å². The topological polar surface area (TPSA) is 66.0 Å². The van der Waals surface area contributed by atoms with Gasteiger partial charge in [0.25, 0.3) is 0 Å². The quantitative estimate of drug-likeness (QED) is 0.514. The van der Waals surface area contributed by atoms with E-state index in [0.717, 1.165) is 29.2 Å². The summed E-state index contributed by atoms with van der Waals surface area (Å²) in [6.07, 6.45) is 0.878. The molecule has 1 aliphatic rings. The lowest BCUT2D eigenvalue weighted by atomic mass is 10.1. The van der Waals surface area contributed by atoms with Gasteiger partial charge in [-0.05, 0) is 54.3 Å². The summed E-state index contributed by atoms with van der Waals surface area (Å²) >= 11 is 0. The minimum atomic E-state index is 0.0386. The van der Waals surface area contributed by atoms with Gasteiger partial charge < -0.3 is 24.3 Å². The molecule has 2 unspecified atom stereocenters. The maximum atomic E-state index is 12.3. The van der Waals surface area contributed by atoms with Crippen molar-refractivity contribution in [1.82, 2.24) is 5.32 Å². The van der Waals surface area contributed by atoms with Gasteiger partial charge in [0.2, 0.25) is 5.91 Å². The maximum Gasteiger partial charge on any atom is 0.223 e. The van der Waals surface area contributed by atoms with E-state index in [1.807, 2.05) is 48.5 Å². The van der Waals surface area contributed by atoms with Crippen LogP contribution in [0, 0.1) is 5.92 Å². The fraction of sp³-hybridized carbons (Fsp3) is 0.381. The Labute approximate surface area is 159 Å². The number of hydrogen-bond donors (Lipinski definition) is 1. The summed E-state index contributed by atoms with van der Waals surface area (Å²) < 4.78 is 21.0. The molecule has 0 heterocycles. The number of nitrogens with one attached hydrogen (secondary N) is 1.